The van der Waals surface area contributed by atoms with Gasteiger partial charge in [-0.3, -0.25) is 0 Å². The maximum atomic E-state index is 5.53. The van der Waals surface area contributed by atoms with Crippen molar-refractivity contribution in [2.24, 2.45) is 0 Å². The van der Waals surface area contributed by atoms with Gasteiger partial charge in [0.05, 0.1) is 12.6 Å². The number of hydrogen-bond donors (Lipinski definition) is 2. The molecule has 96 valence electrons. The highest BCUT2D eigenvalue weighted by molar-refractivity contribution is 5.30. The van der Waals surface area contributed by atoms with Crippen molar-refractivity contribution in [2.75, 3.05) is 5.32 Å². The predicted octanol–water partition coefficient (Wildman–Crippen LogP) is 0.697. The molecule has 8 nitrogen and oxygen atoms in total. The topological polar surface area (TPSA) is 102 Å². The molecule has 2 aromatic heterocycles. The molecule has 8 heteroatoms. The molecular formula is C10H15N7O. The first-order chi connectivity index (χ1) is 8.63. The van der Waals surface area contributed by atoms with E-state index in [1.807, 2.05) is 20.8 Å². The molecule has 0 radical (unpaired) electrons. The van der Waals surface area contributed by atoms with Gasteiger partial charge in [0.2, 0.25) is 11.8 Å². The van der Waals surface area contributed by atoms with Crippen molar-refractivity contribution in [2.45, 2.75) is 33.4 Å². The number of rotatable bonds is 5. The molecule has 0 bridgehead atoms. The summed E-state index contributed by atoms with van der Waals surface area (Å²) in [5, 5.41) is 16.5. The molecule has 0 aliphatic rings. The number of nitrogens with one attached hydrogen (secondary N) is 2. The molecule has 2 N–H and O–H groups in total. The van der Waals surface area contributed by atoms with Crippen LogP contribution >= 0.6 is 0 Å². The van der Waals surface area contributed by atoms with Crippen LogP contribution in [-0.2, 0) is 6.54 Å². The van der Waals surface area contributed by atoms with Crippen LogP contribution in [0.2, 0.25) is 0 Å². The molecule has 0 aromatic carbocycles. The fourth-order valence-electron chi connectivity index (χ4n) is 1.34. The van der Waals surface area contributed by atoms with Crippen LogP contribution in [0, 0.1) is 6.92 Å². The summed E-state index contributed by atoms with van der Waals surface area (Å²) >= 11 is 0. The highest BCUT2D eigenvalue weighted by Crippen LogP contribution is 2.13. The van der Waals surface area contributed by atoms with Crippen molar-refractivity contribution in [1.29, 1.82) is 0 Å². The summed E-state index contributed by atoms with van der Waals surface area (Å²) in [5.74, 6) is 1.58. The Morgan fingerprint density at radius 2 is 2.22 bits per heavy atom. The lowest BCUT2D eigenvalue weighted by molar-refractivity contribution is 0.232. The fourth-order valence-corrected chi connectivity index (χ4v) is 1.34. The summed E-state index contributed by atoms with van der Waals surface area (Å²) < 4.78 is 5.53. The summed E-state index contributed by atoms with van der Waals surface area (Å²) in [6, 6.07) is 1.79. The SMILES string of the molecule is Cc1cc(OC(C)C)nc(NCc2nn[nH]n2)n1. The zero-order valence-corrected chi connectivity index (χ0v) is 10.5. The molecule has 0 fully saturated rings. The van der Waals surface area contributed by atoms with Crippen LogP contribution in [-0.4, -0.2) is 36.7 Å². The predicted molar refractivity (Wildman–Crippen MR) is 64.0 cm³/mol. The summed E-state index contributed by atoms with van der Waals surface area (Å²) in [6.07, 6.45) is 0.0735. The molecule has 2 aromatic rings. The third-order valence-corrected chi connectivity index (χ3v) is 1.98. The van der Waals surface area contributed by atoms with E-state index in [1.54, 1.807) is 6.07 Å². The maximum absolute atomic E-state index is 5.53. The molecule has 0 saturated heterocycles. The maximum Gasteiger partial charge on any atom is 0.226 e. The van der Waals surface area contributed by atoms with E-state index in [4.69, 9.17) is 4.74 Å². The van der Waals surface area contributed by atoms with Gasteiger partial charge < -0.3 is 10.1 Å². The smallest absolute Gasteiger partial charge is 0.226 e. The monoisotopic (exact) mass is 249 g/mol. The molecule has 0 amide bonds. The van der Waals surface area contributed by atoms with Gasteiger partial charge in [0, 0.05) is 11.8 Å². The van der Waals surface area contributed by atoms with E-state index in [2.05, 4.69) is 35.9 Å². The zero-order valence-electron chi connectivity index (χ0n) is 10.5. The van der Waals surface area contributed by atoms with Gasteiger partial charge in [-0.15, -0.1) is 10.2 Å². The molecule has 2 heterocycles. The van der Waals surface area contributed by atoms with Crippen molar-refractivity contribution in [3.8, 4) is 5.88 Å². The molecule has 0 aliphatic heterocycles. The van der Waals surface area contributed by atoms with Crippen LogP contribution in [0.15, 0.2) is 6.07 Å². The Morgan fingerprint density at radius 3 is 2.89 bits per heavy atom. The van der Waals surface area contributed by atoms with Gasteiger partial charge in [-0.2, -0.15) is 10.2 Å². The minimum atomic E-state index is 0.0735. The van der Waals surface area contributed by atoms with E-state index in [-0.39, 0.29) is 6.10 Å². The minimum Gasteiger partial charge on any atom is -0.475 e. The normalized spacial score (nSPS) is 10.7. The lowest BCUT2D eigenvalue weighted by atomic mass is 10.4. The Labute approximate surface area is 104 Å². The number of anilines is 1. The number of hydrogen-bond acceptors (Lipinski definition) is 7. The zero-order chi connectivity index (χ0) is 13.0. The van der Waals surface area contributed by atoms with Crippen LogP contribution in [0.4, 0.5) is 5.95 Å². The van der Waals surface area contributed by atoms with Gasteiger partial charge in [-0.1, -0.05) is 5.21 Å². The Kier molecular flexibility index (Phi) is 3.66. The van der Waals surface area contributed by atoms with E-state index < -0.39 is 0 Å². The summed E-state index contributed by atoms with van der Waals surface area (Å²) in [4.78, 5) is 8.49. The van der Waals surface area contributed by atoms with Crippen LogP contribution < -0.4 is 10.1 Å². The second-order valence-electron chi connectivity index (χ2n) is 4.02. The lowest BCUT2D eigenvalue weighted by Crippen LogP contribution is -2.10. The molecule has 0 aliphatic carbocycles. The third kappa shape index (κ3) is 3.37. The molecule has 0 spiro atoms. The highest BCUT2D eigenvalue weighted by Gasteiger charge is 2.06. The second-order valence-corrected chi connectivity index (χ2v) is 4.02. The van der Waals surface area contributed by atoms with Gasteiger partial charge in [0.25, 0.3) is 0 Å². The van der Waals surface area contributed by atoms with E-state index in [9.17, 15) is 0 Å². The second kappa shape index (κ2) is 5.39. The van der Waals surface area contributed by atoms with Crippen molar-refractivity contribution in [1.82, 2.24) is 30.6 Å². The van der Waals surface area contributed by atoms with Gasteiger partial charge in [0.15, 0.2) is 5.82 Å². The van der Waals surface area contributed by atoms with Gasteiger partial charge >= 0.3 is 0 Å². The van der Waals surface area contributed by atoms with Crippen LogP contribution in [0.25, 0.3) is 0 Å². The van der Waals surface area contributed by atoms with Crippen molar-refractivity contribution >= 4 is 5.95 Å². The number of aromatic amines is 1. The standard InChI is InChI=1S/C10H15N7O/c1-6(2)18-9-4-7(3)12-10(13-9)11-5-8-14-16-17-15-8/h4,6H,5H2,1-3H3,(H,11,12,13)(H,14,15,16,17). The molecule has 0 saturated carbocycles. The number of H-pyrrole nitrogens is 1. The minimum absolute atomic E-state index is 0.0735. The summed E-state index contributed by atoms with van der Waals surface area (Å²) in [5.41, 5.74) is 0.830. The van der Waals surface area contributed by atoms with E-state index in [1.165, 1.54) is 0 Å². The first-order valence-corrected chi connectivity index (χ1v) is 5.62. The first-order valence-electron chi connectivity index (χ1n) is 5.62. The van der Waals surface area contributed by atoms with Crippen molar-refractivity contribution in [3.63, 3.8) is 0 Å². The molecular weight excluding hydrogens is 234 g/mol. The average Bonchev–Trinajstić information content (AvgIpc) is 2.77. The molecule has 18 heavy (non-hydrogen) atoms. The van der Waals surface area contributed by atoms with Crippen LogP contribution in [0.3, 0.4) is 0 Å². The highest BCUT2D eigenvalue weighted by atomic mass is 16.5. The molecule has 2 rings (SSSR count). The Morgan fingerprint density at radius 1 is 1.39 bits per heavy atom. The first kappa shape index (κ1) is 12.2. The molecule has 0 unspecified atom stereocenters. The summed E-state index contributed by atoms with van der Waals surface area (Å²) in [6.45, 7) is 6.18. The van der Waals surface area contributed by atoms with Gasteiger partial charge in [0.1, 0.15) is 0 Å². The fraction of sp³-hybridized carbons (Fsp3) is 0.500. The largest absolute Gasteiger partial charge is 0.475 e. The molecule has 0 atom stereocenters. The lowest BCUT2D eigenvalue weighted by Gasteiger charge is -2.10. The Hall–Kier alpha value is -2.25. The number of tetrazole rings is 1. The summed E-state index contributed by atoms with van der Waals surface area (Å²) in [7, 11) is 0. The Bertz CT molecular complexity index is 497. The van der Waals surface area contributed by atoms with Crippen molar-refractivity contribution < 1.29 is 4.74 Å². The van der Waals surface area contributed by atoms with Gasteiger partial charge in [-0.25, -0.2) is 4.98 Å². The van der Waals surface area contributed by atoms with E-state index in [0.29, 0.717) is 24.2 Å². The number of ether oxygens (including phenoxy) is 1. The van der Waals surface area contributed by atoms with Gasteiger partial charge in [-0.05, 0) is 20.8 Å². The van der Waals surface area contributed by atoms with Crippen molar-refractivity contribution in [3.05, 3.63) is 17.6 Å². The third-order valence-electron chi connectivity index (χ3n) is 1.98. The van der Waals surface area contributed by atoms with Crippen LogP contribution in [0.5, 0.6) is 5.88 Å². The average molecular weight is 249 g/mol. The van der Waals surface area contributed by atoms with E-state index >= 15 is 0 Å². The van der Waals surface area contributed by atoms with E-state index in [0.717, 1.165) is 5.69 Å². The number of nitrogens with zero attached hydrogens (tertiary/aromatic N) is 5. The number of aryl methyl sites for hydroxylation is 1. The number of aromatic nitrogens is 6. The quantitative estimate of drug-likeness (QED) is 0.804. The Balaban J connectivity index is 2.05. The van der Waals surface area contributed by atoms with Crippen LogP contribution in [0.1, 0.15) is 25.4 Å².